The highest BCUT2D eigenvalue weighted by Gasteiger charge is 2.59. The average molecular weight is 897 g/mol. The second-order valence-electron chi connectivity index (χ2n) is 15.7. The molecule has 0 aromatic heterocycles. The molecule has 0 saturated heterocycles. The molecule has 0 saturated carbocycles. The van der Waals surface area contributed by atoms with Crippen LogP contribution < -0.4 is 11.1 Å². The van der Waals surface area contributed by atoms with Crippen LogP contribution in [0.3, 0.4) is 0 Å². The summed E-state index contributed by atoms with van der Waals surface area (Å²) < 4.78 is 85.4. The van der Waals surface area contributed by atoms with Gasteiger partial charge in [-0.2, -0.15) is 26.3 Å². The molecule has 4 aliphatic rings. The number of carbonyl (C=O) groups is 1. The number of halogens is 10. The van der Waals surface area contributed by atoms with Crippen molar-refractivity contribution in [2.45, 2.75) is 93.6 Å². The largest absolute Gasteiger partial charge is 0.400 e. The number of nitrogens with zero attached hydrogens (tertiary/aromatic N) is 2. The minimum absolute atomic E-state index is 0.00225. The van der Waals surface area contributed by atoms with E-state index in [2.05, 4.69) is 15.3 Å². The molecule has 4 aromatic carbocycles. The van der Waals surface area contributed by atoms with Gasteiger partial charge in [0.05, 0.1) is 19.1 Å². The van der Waals surface area contributed by atoms with Gasteiger partial charge in [0, 0.05) is 56.8 Å². The normalized spacial score (nSPS) is 23.6. The number of nitrogens with two attached hydrogens (primary N) is 1. The number of hydrogen-bond donors (Lipinski definition) is 2. The van der Waals surface area contributed by atoms with Crippen LogP contribution in [0.5, 0.6) is 0 Å². The predicted molar refractivity (Wildman–Crippen MR) is 223 cm³/mol. The van der Waals surface area contributed by atoms with Gasteiger partial charge in [-0.05, 0) is 125 Å². The molecule has 4 unspecified atom stereocenters. The van der Waals surface area contributed by atoms with Gasteiger partial charge in [0.1, 0.15) is 10.8 Å². The van der Waals surface area contributed by atoms with Crippen LogP contribution in [0.4, 0.5) is 26.3 Å². The minimum Gasteiger partial charge on any atom is -0.349 e. The third-order valence-electron chi connectivity index (χ3n) is 11.9. The quantitative estimate of drug-likeness (QED) is 0.181. The number of benzene rings is 4. The van der Waals surface area contributed by atoms with E-state index in [0.29, 0.717) is 23.4 Å². The maximum atomic E-state index is 14.3. The summed E-state index contributed by atoms with van der Waals surface area (Å²) in [5.41, 5.74) is 8.36. The number of fused-ring (bicyclic) bond motifs is 2. The number of rotatable bonds is 7. The van der Waals surface area contributed by atoms with E-state index < -0.39 is 29.7 Å². The molecule has 5 nitrogen and oxygen atoms in total. The molecule has 0 spiro atoms. The standard InChI is InChI=1S/C24H23Cl2F3N2O.C20H17Cl2F3N2/c1-2-3-22(32)31-20-7-5-14-8-15(4-6-19(14)20)21-12-23(13-30-21,24(27,28)29)16-9-17(25)11-18(26)10-16;21-14-6-13(7-15(22)8-14)19(20(23,24)25)9-18(27-10-19)12-1-3-16-11(5-12)2-4-17(16)26/h4,6,8-11,20H,2-3,5,7,12-13H2,1H3,(H,31,32);1,3,5-8,17H,2,4,9-10,26H2. The van der Waals surface area contributed by atoms with Crippen LogP contribution in [0.25, 0.3) is 0 Å². The molecule has 0 fully saturated rings. The van der Waals surface area contributed by atoms with Crippen molar-refractivity contribution < 1.29 is 31.1 Å². The number of nitrogens with one attached hydrogen (secondary N) is 1. The summed E-state index contributed by atoms with van der Waals surface area (Å²) in [6, 6.07) is 19.4. The van der Waals surface area contributed by atoms with Crippen molar-refractivity contribution in [1.82, 2.24) is 5.32 Å². The summed E-state index contributed by atoms with van der Waals surface area (Å²) in [7, 11) is 0. The van der Waals surface area contributed by atoms with E-state index in [1.54, 1.807) is 6.07 Å². The average Bonchev–Trinajstić information content (AvgIpc) is 3.97. The van der Waals surface area contributed by atoms with Gasteiger partial charge in [-0.25, -0.2) is 0 Å². The predicted octanol–water partition coefficient (Wildman–Crippen LogP) is 12.2. The van der Waals surface area contributed by atoms with Gasteiger partial charge in [-0.1, -0.05) is 77.6 Å². The lowest BCUT2D eigenvalue weighted by molar-refractivity contribution is -0.184. The van der Waals surface area contributed by atoms with E-state index in [1.807, 2.05) is 37.3 Å². The SMILES string of the molecule is CCCC(=O)NC1CCc2cc(C3=NCC(c4cc(Cl)cc(Cl)c4)(C(F)(F)F)C3)ccc21.NC1CCc2cc(C3=NCC(c4cc(Cl)cc(Cl)c4)(C(F)(F)F)C3)ccc21. The Labute approximate surface area is 358 Å². The molecule has 0 bridgehead atoms. The summed E-state index contributed by atoms with van der Waals surface area (Å²) in [6.07, 6.45) is -5.00. The summed E-state index contributed by atoms with van der Waals surface area (Å²) >= 11 is 24.0. The lowest BCUT2D eigenvalue weighted by atomic mass is 9.76. The van der Waals surface area contributed by atoms with Gasteiger partial charge in [-0.3, -0.25) is 14.8 Å². The molecule has 59 heavy (non-hydrogen) atoms. The molecule has 15 heteroatoms. The second kappa shape index (κ2) is 16.7. The number of amides is 1. The number of aliphatic imine (C=N–C) groups is 2. The van der Waals surface area contributed by atoms with Crippen LogP contribution in [-0.2, 0) is 28.5 Å². The Bertz CT molecular complexity index is 2310. The van der Waals surface area contributed by atoms with Crippen molar-refractivity contribution in [3.63, 3.8) is 0 Å². The summed E-state index contributed by atoms with van der Waals surface area (Å²) in [5, 5.41) is 3.74. The first-order chi connectivity index (χ1) is 27.8. The number of alkyl halides is 6. The molecule has 2 aliphatic carbocycles. The summed E-state index contributed by atoms with van der Waals surface area (Å²) in [5.74, 6) is 0.0183. The molecular formula is C44H40Cl4F6N4O. The second-order valence-corrected chi connectivity index (χ2v) is 17.5. The number of carbonyl (C=O) groups excluding carboxylic acids is 1. The van der Waals surface area contributed by atoms with Crippen molar-refractivity contribution in [2.75, 3.05) is 13.1 Å². The first-order valence-corrected chi connectivity index (χ1v) is 20.8. The van der Waals surface area contributed by atoms with E-state index in [4.69, 9.17) is 52.1 Å². The Kier molecular flexibility index (Phi) is 12.3. The highest BCUT2D eigenvalue weighted by Crippen LogP contribution is 2.50. The Hall–Kier alpha value is -3.61. The van der Waals surface area contributed by atoms with Gasteiger partial charge >= 0.3 is 12.4 Å². The van der Waals surface area contributed by atoms with E-state index in [-0.39, 0.29) is 68.6 Å². The Morgan fingerprint density at radius 2 is 1.14 bits per heavy atom. The maximum absolute atomic E-state index is 14.3. The van der Waals surface area contributed by atoms with Gasteiger partial charge in [0.25, 0.3) is 0 Å². The van der Waals surface area contributed by atoms with Crippen LogP contribution in [0, 0.1) is 0 Å². The van der Waals surface area contributed by atoms with Crippen molar-refractivity contribution in [1.29, 1.82) is 0 Å². The van der Waals surface area contributed by atoms with Gasteiger partial charge in [0.15, 0.2) is 0 Å². The highest BCUT2D eigenvalue weighted by atomic mass is 35.5. The van der Waals surface area contributed by atoms with Crippen molar-refractivity contribution in [3.05, 3.63) is 137 Å². The van der Waals surface area contributed by atoms with Crippen LogP contribution >= 0.6 is 46.4 Å². The van der Waals surface area contributed by atoms with Crippen LogP contribution in [0.2, 0.25) is 20.1 Å². The number of hydrogen-bond acceptors (Lipinski definition) is 4. The Morgan fingerprint density at radius 1 is 0.695 bits per heavy atom. The lowest BCUT2D eigenvalue weighted by Crippen LogP contribution is -2.43. The molecule has 1 amide bonds. The summed E-state index contributed by atoms with van der Waals surface area (Å²) in [6.45, 7) is 1.17. The maximum Gasteiger partial charge on any atom is 0.400 e. The molecule has 2 aliphatic heterocycles. The molecule has 4 aromatic rings. The molecule has 2 heterocycles. The molecule has 0 radical (unpaired) electrons. The van der Waals surface area contributed by atoms with Gasteiger partial charge in [-0.15, -0.1) is 0 Å². The fourth-order valence-electron chi connectivity index (χ4n) is 8.67. The lowest BCUT2D eigenvalue weighted by Gasteiger charge is -2.31. The van der Waals surface area contributed by atoms with E-state index in [9.17, 15) is 31.1 Å². The zero-order valence-electron chi connectivity index (χ0n) is 31.8. The van der Waals surface area contributed by atoms with E-state index >= 15 is 0 Å². The van der Waals surface area contributed by atoms with Gasteiger partial charge < -0.3 is 11.1 Å². The monoisotopic (exact) mass is 894 g/mol. The van der Waals surface area contributed by atoms with E-state index in [1.165, 1.54) is 36.4 Å². The Morgan fingerprint density at radius 3 is 1.59 bits per heavy atom. The zero-order valence-corrected chi connectivity index (χ0v) is 34.8. The van der Waals surface area contributed by atoms with Crippen LogP contribution in [0.1, 0.15) is 102 Å². The van der Waals surface area contributed by atoms with Crippen molar-refractivity contribution in [3.8, 4) is 0 Å². The zero-order chi connectivity index (χ0) is 42.5. The van der Waals surface area contributed by atoms with Gasteiger partial charge in [0.2, 0.25) is 5.91 Å². The van der Waals surface area contributed by atoms with Crippen molar-refractivity contribution >= 4 is 63.7 Å². The third kappa shape index (κ3) is 8.65. The van der Waals surface area contributed by atoms with Crippen LogP contribution in [-0.4, -0.2) is 42.8 Å². The fraction of sp³-hybridized carbons (Fsp3) is 0.386. The summed E-state index contributed by atoms with van der Waals surface area (Å²) in [4.78, 5) is 20.6. The first kappa shape index (κ1) is 43.5. The fourth-order valence-corrected chi connectivity index (χ4v) is 9.72. The topological polar surface area (TPSA) is 79.8 Å². The molecule has 312 valence electrons. The molecule has 3 N–H and O–H groups in total. The Balaban J connectivity index is 0.000000181. The molecular weight excluding hydrogens is 856 g/mol. The minimum atomic E-state index is -4.52. The molecule has 4 atom stereocenters. The smallest absolute Gasteiger partial charge is 0.349 e. The third-order valence-corrected chi connectivity index (χ3v) is 12.8. The van der Waals surface area contributed by atoms with Crippen LogP contribution in [0.15, 0.2) is 82.8 Å². The van der Waals surface area contributed by atoms with Crippen molar-refractivity contribution in [2.24, 2.45) is 15.7 Å². The first-order valence-electron chi connectivity index (χ1n) is 19.3. The highest BCUT2D eigenvalue weighted by molar-refractivity contribution is 6.35. The van der Waals surface area contributed by atoms with E-state index in [0.717, 1.165) is 59.9 Å². The number of aryl methyl sites for hydroxylation is 2. The molecule has 8 rings (SSSR count).